The van der Waals surface area contributed by atoms with Crippen LogP contribution >= 0.6 is 0 Å². The van der Waals surface area contributed by atoms with E-state index in [4.69, 9.17) is 4.84 Å². The number of rotatable bonds is 7. The molecule has 0 bridgehead atoms. The SMILES string of the molecule is CC(CNC(=O)c1ccc(-c2noc(C(F)(F)F)n2)cc1)=NOCc1cccc(C(F)(F)F)c1. The molecular formula is C21H16F6N4O3. The van der Waals surface area contributed by atoms with Gasteiger partial charge in [-0.15, -0.1) is 0 Å². The molecule has 0 aliphatic heterocycles. The highest BCUT2D eigenvalue weighted by Gasteiger charge is 2.38. The van der Waals surface area contributed by atoms with Crippen molar-refractivity contribution >= 4 is 11.6 Å². The minimum Gasteiger partial charge on any atom is -0.391 e. The zero-order valence-corrected chi connectivity index (χ0v) is 17.4. The van der Waals surface area contributed by atoms with Gasteiger partial charge in [-0.1, -0.05) is 34.6 Å². The molecule has 180 valence electrons. The standard InChI is InChI=1S/C21H16F6N4O3/c1-12(30-33-11-13-3-2-4-16(9-13)20(22,23)24)10-28-18(32)15-7-5-14(6-8-15)17-29-19(34-31-17)21(25,26)27/h2-9H,10-11H2,1H3,(H,28,32). The Morgan fingerprint density at radius 3 is 2.38 bits per heavy atom. The fourth-order valence-electron chi connectivity index (χ4n) is 2.62. The van der Waals surface area contributed by atoms with Crippen LogP contribution in [0, 0.1) is 0 Å². The summed E-state index contributed by atoms with van der Waals surface area (Å²) in [6.45, 7) is 1.34. The lowest BCUT2D eigenvalue weighted by molar-refractivity contribution is -0.159. The average molecular weight is 486 g/mol. The third-order valence-corrected chi connectivity index (χ3v) is 4.28. The predicted octanol–water partition coefficient (Wildman–Crippen LogP) is 5.10. The van der Waals surface area contributed by atoms with Crippen molar-refractivity contribution in [2.24, 2.45) is 5.16 Å². The molecule has 0 unspecified atom stereocenters. The van der Waals surface area contributed by atoms with Crippen LogP contribution in [0.15, 0.2) is 58.2 Å². The summed E-state index contributed by atoms with van der Waals surface area (Å²) in [5.41, 5.74) is 0.257. The lowest BCUT2D eigenvalue weighted by Gasteiger charge is -2.08. The molecule has 3 rings (SSSR count). The third-order valence-electron chi connectivity index (χ3n) is 4.28. The maximum Gasteiger partial charge on any atom is 0.471 e. The molecule has 0 radical (unpaired) electrons. The highest BCUT2D eigenvalue weighted by atomic mass is 19.4. The summed E-state index contributed by atoms with van der Waals surface area (Å²) < 4.78 is 80.0. The average Bonchev–Trinajstić information content (AvgIpc) is 3.28. The maximum atomic E-state index is 12.7. The van der Waals surface area contributed by atoms with Gasteiger partial charge in [-0.2, -0.15) is 31.3 Å². The molecule has 1 N–H and O–H groups in total. The monoisotopic (exact) mass is 486 g/mol. The second-order valence-corrected chi connectivity index (χ2v) is 6.98. The number of nitrogens with one attached hydrogen (secondary N) is 1. The quantitative estimate of drug-likeness (QED) is 0.285. The van der Waals surface area contributed by atoms with Crippen LogP contribution in [0.3, 0.4) is 0 Å². The van der Waals surface area contributed by atoms with Gasteiger partial charge in [-0.25, -0.2) is 0 Å². The Kier molecular flexibility index (Phi) is 7.23. The number of nitrogens with zero attached hydrogens (tertiary/aromatic N) is 3. The molecule has 0 aliphatic rings. The summed E-state index contributed by atoms with van der Waals surface area (Å²) in [5, 5.41) is 9.58. The van der Waals surface area contributed by atoms with Crippen LogP contribution in [0.25, 0.3) is 11.4 Å². The number of amides is 1. The van der Waals surface area contributed by atoms with Gasteiger partial charge in [0.05, 0.1) is 17.8 Å². The summed E-state index contributed by atoms with van der Waals surface area (Å²) in [5.74, 6) is -2.25. The first-order chi connectivity index (χ1) is 15.9. The maximum absolute atomic E-state index is 12.7. The van der Waals surface area contributed by atoms with Gasteiger partial charge >= 0.3 is 18.2 Å². The van der Waals surface area contributed by atoms with E-state index in [0.29, 0.717) is 5.71 Å². The highest BCUT2D eigenvalue weighted by molar-refractivity contribution is 5.97. The Balaban J connectivity index is 1.51. The molecule has 2 aromatic carbocycles. The second-order valence-electron chi connectivity index (χ2n) is 6.98. The number of benzene rings is 2. The van der Waals surface area contributed by atoms with Crippen LogP contribution < -0.4 is 5.32 Å². The summed E-state index contributed by atoms with van der Waals surface area (Å²) in [7, 11) is 0. The van der Waals surface area contributed by atoms with Crippen molar-refractivity contribution in [3.05, 3.63) is 71.1 Å². The molecule has 0 aliphatic carbocycles. The van der Waals surface area contributed by atoms with E-state index in [1.807, 2.05) is 0 Å². The fraction of sp³-hybridized carbons (Fsp3) is 0.238. The molecule has 13 heteroatoms. The molecule has 7 nitrogen and oxygen atoms in total. The van der Waals surface area contributed by atoms with E-state index in [9.17, 15) is 31.1 Å². The van der Waals surface area contributed by atoms with Crippen LogP contribution in [-0.2, 0) is 23.8 Å². The molecule has 0 spiro atoms. The Morgan fingerprint density at radius 1 is 1.06 bits per heavy atom. The van der Waals surface area contributed by atoms with Crippen molar-refractivity contribution < 1.29 is 40.5 Å². The van der Waals surface area contributed by atoms with Crippen molar-refractivity contribution in [2.45, 2.75) is 25.9 Å². The Labute approximate surface area is 188 Å². The largest absolute Gasteiger partial charge is 0.471 e. The first kappa shape index (κ1) is 24.7. The van der Waals surface area contributed by atoms with E-state index in [2.05, 4.69) is 25.1 Å². The number of aromatic nitrogens is 2. The highest BCUT2D eigenvalue weighted by Crippen LogP contribution is 2.30. The van der Waals surface area contributed by atoms with E-state index in [1.54, 1.807) is 6.92 Å². The molecule has 0 saturated heterocycles. The topological polar surface area (TPSA) is 89.6 Å². The number of carbonyl (C=O) groups is 1. The first-order valence-corrected chi connectivity index (χ1v) is 9.54. The van der Waals surface area contributed by atoms with Gasteiger partial charge in [0.1, 0.15) is 6.61 Å². The number of halogens is 6. The van der Waals surface area contributed by atoms with E-state index in [1.165, 1.54) is 36.4 Å². The van der Waals surface area contributed by atoms with Gasteiger partial charge in [0, 0.05) is 11.1 Å². The Bertz CT molecular complexity index is 1170. The van der Waals surface area contributed by atoms with Crippen molar-refractivity contribution in [1.29, 1.82) is 0 Å². The molecule has 0 fully saturated rings. The molecule has 1 heterocycles. The lowest BCUT2D eigenvalue weighted by atomic mass is 10.1. The Morgan fingerprint density at radius 2 is 1.76 bits per heavy atom. The van der Waals surface area contributed by atoms with Crippen molar-refractivity contribution in [3.63, 3.8) is 0 Å². The van der Waals surface area contributed by atoms with Gasteiger partial charge < -0.3 is 14.7 Å². The molecule has 3 aromatic rings. The van der Waals surface area contributed by atoms with E-state index >= 15 is 0 Å². The zero-order chi connectivity index (χ0) is 24.9. The fourth-order valence-corrected chi connectivity index (χ4v) is 2.62. The van der Waals surface area contributed by atoms with Gasteiger partial charge in [0.15, 0.2) is 0 Å². The minimum atomic E-state index is -4.76. The Hall–Kier alpha value is -3.90. The number of hydrogen-bond donors (Lipinski definition) is 1. The summed E-state index contributed by atoms with van der Waals surface area (Å²) in [6.07, 6.45) is -9.23. The van der Waals surface area contributed by atoms with Crippen molar-refractivity contribution in [2.75, 3.05) is 6.54 Å². The number of carbonyl (C=O) groups excluding carboxylic acids is 1. The van der Waals surface area contributed by atoms with E-state index in [0.717, 1.165) is 12.1 Å². The van der Waals surface area contributed by atoms with Crippen molar-refractivity contribution in [1.82, 2.24) is 15.5 Å². The lowest BCUT2D eigenvalue weighted by Crippen LogP contribution is -2.28. The minimum absolute atomic E-state index is 0.0110. The van der Waals surface area contributed by atoms with Gasteiger partial charge in [-0.3, -0.25) is 4.79 Å². The van der Waals surface area contributed by atoms with Crippen LogP contribution in [0.1, 0.15) is 34.3 Å². The number of hydrogen-bond acceptors (Lipinski definition) is 6. The van der Waals surface area contributed by atoms with Crippen molar-refractivity contribution in [3.8, 4) is 11.4 Å². The molecule has 34 heavy (non-hydrogen) atoms. The molecule has 0 atom stereocenters. The summed E-state index contributed by atoms with van der Waals surface area (Å²) >= 11 is 0. The molecule has 0 saturated carbocycles. The summed E-state index contributed by atoms with van der Waals surface area (Å²) in [4.78, 5) is 20.6. The zero-order valence-electron chi connectivity index (χ0n) is 17.4. The van der Waals surface area contributed by atoms with Crippen LogP contribution in [-0.4, -0.2) is 28.3 Å². The van der Waals surface area contributed by atoms with Gasteiger partial charge in [-0.05, 0) is 36.8 Å². The molecular weight excluding hydrogens is 470 g/mol. The second kappa shape index (κ2) is 9.93. The van der Waals surface area contributed by atoms with Crippen LogP contribution in [0.4, 0.5) is 26.3 Å². The number of alkyl halides is 6. The molecule has 1 amide bonds. The van der Waals surface area contributed by atoms with Crippen LogP contribution in [0.5, 0.6) is 0 Å². The first-order valence-electron chi connectivity index (χ1n) is 9.54. The van der Waals surface area contributed by atoms with E-state index < -0.39 is 29.7 Å². The third kappa shape index (κ3) is 6.56. The smallest absolute Gasteiger partial charge is 0.391 e. The van der Waals surface area contributed by atoms with Gasteiger partial charge in [0.2, 0.25) is 5.82 Å². The van der Waals surface area contributed by atoms with Crippen LogP contribution in [0.2, 0.25) is 0 Å². The predicted molar refractivity (Wildman–Crippen MR) is 106 cm³/mol. The van der Waals surface area contributed by atoms with Gasteiger partial charge in [0.25, 0.3) is 5.91 Å². The molecule has 1 aromatic heterocycles. The number of oxime groups is 1. The normalized spacial score (nSPS) is 12.5. The summed E-state index contributed by atoms with van der Waals surface area (Å²) in [6, 6.07) is 10.1. The van der Waals surface area contributed by atoms with E-state index in [-0.39, 0.29) is 35.7 Å².